The number of hydrogen-bond donors (Lipinski definition) is 1. The Balaban J connectivity index is 2.08. The molecule has 1 amide bonds. The fourth-order valence-corrected chi connectivity index (χ4v) is 1.11. The lowest BCUT2D eigenvalue weighted by Gasteiger charge is -2.02. The maximum Gasteiger partial charge on any atom is 0.217 e. The van der Waals surface area contributed by atoms with Crippen molar-refractivity contribution in [3.63, 3.8) is 0 Å². The van der Waals surface area contributed by atoms with Crippen molar-refractivity contribution >= 4 is 5.91 Å². The van der Waals surface area contributed by atoms with Gasteiger partial charge in [0.15, 0.2) is 0 Å². The van der Waals surface area contributed by atoms with Crippen molar-refractivity contribution in [2.75, 3.05) is 6.61 Å². The van der Waals surface area contributed by atoms with Gasteiger partial charge in [0.1, 0.15) is 0 Å². The van der Waals surface area contributed by atoms with Gasteiger partial charge in [-0.2, -0.15) is 0 Å². The highest BCUT2D eigenvalue weighted by atomic mass is 16.5. The Hall–Kier alpha value is -1.35. The van der Waals surface area contributed by atoms with Crippen molar-refractivity contribution < 1.29 is 9.53 Å². The summed E-state index contributed by atoms with van der Waals surface area (Å²) in [5.41, 5.74) is 6.14. The first-order valence-electron chi connectivity index (χ1n) is 4.69. The predicted molar refractivity (Wildman–Crippen MR) is 54.5 cm³/mol. The van der Waals surface area contributed by atoms with Crippen molar-refractivity contribution in [2.24, 2.45) is 5.73 Å². The molecule has 0 saturated carbocycles. The van der Waals surface area contributed by atoms with Crippen molar-refractivity contribution in [3.8, 4) is 0 Å². The molecule has 1 aromatic rings. The molecule has 0 aliphatic carbocycles. The van der Waals surface area contributed by atoms with Gasteiger partial charge >= 0.3 is 0 Å². The van der Waals surface area contributed by atoms with E-state index in [1.165, 1.54) is 0 Å². The Morgan fingerprint density at radius 3 is 2.64 bits per heavy atom. The number of carbonyl (C=O) groups is 1. The first kappa shape index (κ1) is 10.7. The molecule has 0 spiro atoms. The number of ether oxygens (including phenoxy) is 1. The van der Waals surface area contributed by atoms with E-state index in [1.54, 1.807) is 0 Å². The second-order valence-electron chi connectivity index (χ2n) is 3.11. The van der Waals surface area contributed by atoms with E-state index in [0.717, 1.165) is 5.56 Å². The number of amides is 1. The molecule has 0 radical (unpaired) electrons. The zero-order valence-corrected chi connectivity index (χ0v) is 8.11. The molecule has 2 N–H and O–H groups in total. The van der Waals surface area contributed by atoms with E-state index in [1.807, 2.05) is 30.3 Å². The van der Waals surface area contributed by atoms with Gasteiger partial charge in [0.2, 0.25) is 5.91 Å². The highest BCUT2D eigenvalue weighted by Gasteiger charge is 1.95. The minimum atomic E-state index is -0.270. The molecule has 1 aromatic carbocycles. The van der Waals surface area contributed by atoms with Gasteiger partial charge in [0.05, 0.1) is 6.61 Å². The van der Waals surface area contributed by atoms with Crippen LogP contribution >= 0.6 is 0 Å². The van der Waals surface area contributed by atoms with Crippen LogP contribution in [-0.2, 0) is 16.1 Å². The average Bonchev–Trinajstić information content (AvgIpc) is 2.18. The zero-order valence-electron chi connectivity index (χ0n) is 8.11. The Morgan fingerprint density at radius 1 is 1.29 bits per heavy atom. The quantitative estimate of drug-likeness (QED) is 0.695. The number of primary amides is 1. The van der Waals surface area contributed by atoms with Crippen LogP contribution in [0.15, 0.2) is 30.3 Å². The number of rotatable bonds is 6. The largest absolute Gasteiger partial charge is 0.377 e. The van der Waals surface area contributed by atoms with E-state index in [0.29, 0.717) is 26.1 Å². The van der Waals surface area contributed by atoms with E-state index in [9.17, 15) is 4.79 Å². The van der Waals surface area contributed by atoms with Gasteiger partial charge in [0, 0.05) is 13.0 Å². The van der Waals surface area contributed by atoms with Crippen LogP contribution in [0, 0.1) is 0 Å². The zero-order chi connectivity index (χ0) is 10.2. The molecule has 76 valence electrons. The molecule has 0 heterocycles. The van der Waals surface area contributed by atoms with E-state index < -0.39 is 0 Å². The SMILES string of the molecule is NC(=O)CCCOCc1ccccc1. The van der Waals surface area contributed by atoms with Gasteiger partial charge in [-0.15, -0.1) is 0 Å². The number of hydrogen-bond acceptors (Lipinski definition) is 2. The summed E-state index contributed by atoms with van der Waals surface area (Å²) in [5.74, 6) is -0.270. The number of benzene rings is 1. The minimum Gasteiger partial charge on any atom is -0.377 e. The maximum atomic E-state index is 10.4. The normalized spacial score (nSPS) is 10.0. The van der Waals surface area contributed by atoms with Gasteiger partial charge in [-0.3, -0.25) is 4.79 Å². The van der Waals surface area contributed by atoms with Crippen molar-refractivity contribution in [1.29, 1.82) is 0 Å². The molecule has 0 unspecified atom stereocenters. The van der Waals surface area contributed by atoms with E-state index >= 15 is 0 Å². The van der Waals surface area contributed by atoms with Gasteiger partial charge < -0.3 is 10.5 Å². The molecule has 3 nitrogen and oxygen atoms in total. The molecule has 1 rings (SSSR count). The van der Waals surface area contributed by atoms with Gasteiger partial charge in [0.25, 0.3) is 0 Å². The maximum absolute atomic E-state index is 10.4. The van der Waals surface area contributed by atoms with Crippen LogP contribution in [0.5, 0.6) is 0 Å². The molecule has 0 saturated heterocycles. The summed E-state index contributed by atoms with van der Waals surface area (Å²) < 4.78 is 5.36. The molecule has 0 aliphatic heterocycles. The van der Waals surface area contributed by atoms with E-state index in [-0.39, 0.29) is 5.91 Å². The Bertz CT molecular complexity index is 272. The molecule has 3 heteroatoms. The van der Waals surface area contributed by atoms with Crippen molar-refractivity contribution in [2.45, 2.75) is 19.4 Å². The van der Waals surface area contributed by atoms with Crippen LogP contribution < -0.4 is 5.73 Å². The number of nitrogens with two attached hydrogens (primary N) is 1. The summed E-state index contributed by atoms with van der Waals surface area (Å²) in [4.78, 5) is 10.4. The molecule has 0 fully saturated rings. The van der Waals surface area contributed by atoms with Gasteiger partial charge in [-0.05, 0) is 12.0 Å². The van der Waals surface area contributed by atoms with Crippen molar-refractivity contribution in [1.82, 2.24) is 0 Å². The fraction of sp³-hybridized carbons (Fsp3) is 0.364. The molecule has 14 heavy (non-hydrogen) atoms. The summed E-state index contributed by atoms with van der Waals surface area (Å²) >= 11 is 0. The van der Waals surface area contributed by atoms with Gasteiger partial charge in [-0.1, -0.05) is 30.3 Å². The highest BCUT2D eigenvalue weighted by molar-refractivity contribution is 5.73. The second-order valence-corrected chi connectivity index (χ2v) is 3.11. The van der Waals surface area contributed by atoms with Crippen LogP contribution in [0.3, 0.4) is 0 Å². The third-order valence-corrected chi connectivity index (χ3v) is 1.82. The first-order valence-corrected chi connectivity index (χ1v) is 4.69. The smallest absolute Gasteiger partial charge is 0.217 e. The predicted octanol–water partition coefficient (Wildman–Crippen LogP) is 1.47. The molecule has 0 aliphatic rings. The van der Waals surface area contributed by atoms with Crippen LogP contribution in [0.4, 0.5) is 0 Å². The lowest BCUT2D eigenvalue weighted by molar-refractivity contribution is -0.118. The molecule has 0 atom stereocenters. The number of carbonyl (C=O) groups excluding carboxylic acids is 1. The van der Waals surface area contributed by atoms with Crippen LogP contribution in [0.2, 0.25) is 0 Å². The summed E-state index contributed by atoms with van der Waals surface area (Å²) in [7, 11) is 0. The van der Waals surface area contributed by atoms with Crippen LogP contribution in [0.25, 0.3) is 0 Å². The average molecular weight is 193 g/mol. The Labute approximate surface area is 83.9 Å². The summed E-state index contributed by atoms with van der Waals surface area (Å²) in [6.07, 6.45) is 1.09. The monoisotopic (exact) mass is 193 g/mol. The standard InChI is InChI=1S/C11H15NO2/c12-11(13)7-4-8-14-9-10-5-2-1-3-6-10/h1-3,5-6H,4,7-9H2,(H2,12,13). The second kappa shape index (κ2) is 6.16. The van der Waals surface area contributed by atoms with Crippen LogP contribution in [-0.4, -0.2) is 12.5 Å². The first-order chi connectivity index (χ1) is 6.79. The topological polar surface area (TPSA) is 52.3 Å². The molecule has 0 aromatic heterocycles. The third kappa shape index (κ3) is 4.62. The Morgan fingerprint density at radius 2 is 2.00 bits per heavy atom. The molecular formula is C11H15NO2. The van der Waals surface area contributed by atoms with E-state index in [2.05, 4.69) is 0 Å². The lowest BCUT2D eigenvalue weighted by atomic mass is 10.2. The van der Waals surface area contributed by atoms with E-state index in [4.69, 9.17) is 10.5 Å². The molecule has 0 bridgehead atoms. The lowest BCUT2D eigenvalue weighted by Crippen LogP contribution is -2.11. The van der Waals surface area contributed by atoms with Gasteiger partial charge in [-0.25, -0.2) is 0 Å². The van der Waals surface area contributed by atoms with Crippen molar-refractivity contribution in [3.05, 3.63) is 35.9 Å². The molecular weight excluding hydrogens is 178 g/mol. The summed E-state index contributed by atoms with van der Waals surface area (Å²) in [6, 6.07) is 9.93. The Kier molecular flexibility index (Phi) is 4.72. The van der Waals surface area contributed by atoms with Crippen LogP contribution in [0.1, 0.15) is 18.4 Å². The third-order valence-electron chi connectivity index (χ3n) is 1.82. The summed E-state index contributed by atoms with van der Waals surface area (Å²) in [5, 5.41) is 0. The summed E-state index contributed by atoms with van der Waals surface area (Å²) in [6.45, 7) is 1.18. The minimum absolute atomic E-state index is 0.270. The highest BCUT2D eigenvalue weighted by Crippen LogP contribution is 2.01. The fourth-order valence-electron chi connectivity index (χ4n) is 1.11.